The van der Waals surface area contributed by atoms with Crippen LogP contribution in [0.5, 0.6) is 0 Å². The van der Waals surface area contributed by atoms with Gasteiger partial charge in [0, 0.05) is 18.0 Å². The van der Waals surface area contributed by atoms with E-state index in [2.05, 4.69) is 23.8 Å². The molecule has 3 heteroatoms. The quantitative estimate of drug-likeness (QED) is 0.613. The molecule has 22 heavy (non-hydrogen) atoms. The highest BCUT2D eigenvalue weighted by molar-refractivity contribution is 5.55. The third-order valence-corrected chi connectivity index (χ3v) is 3.89. The fraction of sp³-hybridized carbons (Fsp3) is 0.474. The number of unbranched alkanes of at least 4 members (excludes halogenated alkanes) is 3. The number of hydrogen-bond acceptors (Lipinski definition) is 2. The second-order valence-electron chi connectivity index (χ2n) is 5.78. The molecule has 0 N–H and O–H groups in total. The van der Waals surface area contributed by atoms with E-state index in [-0.39, 0.29) is 5.82 Å². The average molecular weight is 300 g/mol. The Morgan fingerprint density at radius 1 is 0.909 bits per heavy atom. The molecule has 118 valence electrons. The highest BCUT2D eigenvalue weighted by Crippen LogP contribution is 2.20. The Morgan fingerprint density at radius 2 is 1.64 bits per heavy atom. The highest BCUT2D eigenvalue weighted by atomic mass is 19.1. The summed E-state index contributed by atoms with van der Waals surface area (Å²) in [5, 5.41) is 0. The number of aryl methyl sites for hydroxylation is 2. The van der Waals surface area contributed by atoms with Crippen LogP contribution in [0.4, 0.5) is 4.39 Å². The second kappa shape index (κ2) is 8.62. The predicted molar refractivity (Wildman–Crippen MR) is 89.3 cm³/mol. The summed E-state index contributed by atoms with van der Waals surface area (Å²) in [4.78, 5) is 8.74. The molecular weight excluding hydrogens is 275 g/mol. The topological polar surface area (TPSA) is 25.8 Å². The third kappa shape index (κ3) is 4.62. The van der Waals surface area contributed by atoms with E-state index in [9.17, 15) is 4.39 Å². The lowest BCUT2D eigenvalue weighted by atomic mass is 10.0. The lowest BCUT2D eigenvalue weighted by Gasteiger charge is -2.06. The fourth-order valence-corrected chi connectivity index (χ4v) is 2.47. The number of rotatable bonds is 8. The van der Waals surface area contributed by atoms with Gasteiger partial charge in [0.25, 0.3) is 0 Å². The molecule has 0 fully saturated rings. The predicted octanol–water partition coefficient (Wildman–Crippen LogP) is 5.36. The minimum absolute atomic E-state index is 0.146. The largest absolute Gasteiger partial charge is 0.236 e. The normalized spacial score (nSPS) is 10.9. The van der Waals surface area contributed by atoms with E-state index in [0.717, 1.165) is 61.6 Å². The second-order valence-corrected chi connectivity index (χ2v) is 5.78. The maximum absolute atomic E-state index is 14.2. The van der Waals surface area contributed by atoms with Crippen LogP contribution in [-0.4, -0.2) is 9.97 Å². The van der Waals surface area contributed by atoms with Gasteiger partial charge >= 0.3 is 0 Å². The summed E-state index contributed by atoms with van der Waals surface area (Å²) in [7, 11) is 0. The van der Waals surface area contributed by atoms with Crippen molar-refractivity contribution in [1.82, 2.24) is 9.97 Å². The van der Waals surface area contributed by atoms with E-state index < -0.39 is 0 Å². The molecule has 0 atom stereocenters. The van der Waals surface area contributed by atoms with Gasteiger partial charge in [0.05, 0.1) is 0 Å². The standard InChI is InChI=1S/C19H25FN2/c1-3-5-7-9-16-10-11-17(12-18(16)20)19-21-13-15(14-22-19)8-6-4-2/h10-14H,3-9H2,1-2H3. The van der Waals surface area contributed by atoms with E-state index in [0.29, 0.717) is 5.82 Å². The van der Waals surface area contributed by atoms with Gasteiger partial charge < -0.3 is 0 Å². The van der Waals surface area contributed by atoms with E-state index in [1.807, 2.05) is 24.5 Å². The van der Waals surface area contributed by atoms with Crippen molar-refractivity contribution < 1.29 is 4.39 Å². The number of aromatic nitrogens is 2. The summed E-state index contributed by atoms with van der Waals surface area (Å²) in [6.45, 7) is 4.32. The molecule has 0 amide bonds. The van der Waals surface area contributed by atoms with Crippen molar-refractivity contribution in [2.24, 2.45) is 0 Å². The maximum atomic E-state index is 14.2. The summed E-state index contributed by atoms with van der Waals surface area (Å²) in [6.07, 6.45) is 11.1. The minimum Gasteiger partial charge on any atom is -0.236 e. The first kappa shape index (κ1) is 16.6. The lowest BCUT2D eigenvalue weighted by molar-refractivity contribution is 0.599. The van der Waals surface area contributed by atoms with Crippen LogP contribution in [0.1, 0.15) is 57.1 Å². The highest BCUT2D eigenvalue weighted by Gasteiger charge is 2.07. The SMILES string of the molecule is CCCCCc1ccc(-c2ncc(CCCC)cn2)cc1F. The van der Waals surface area contributed by atoms with Crippen LogP contribution in [0.2, 0.25) is 0 Å². The van der Waals surface area contributed by atoms with Gasteiger partial charge in [-0.1, -0.05) is 45.2 Å². The fourth-order valence-electron chi connectivity index (χ4n) is 2.47. The molecule has 1 aromatic heterocycles. The van der Waals surface area contributed by atoms with Gasteiger partial charge in [-0.2, -0.15) is 0 Å². The molecule has 0 aliphatic carbocycles. The molecular formula is C19H25FN2. The Kier molecular flexibility index (Phi) is 6.50. The van der Waals surface area contributed by atoms with Crippen molar-refractivity contribution in [3.05, 3.63) is 47.5 Å². The minimum atomic E-state index is -0.146. The molecule has 1 heterocycles. The van der Waals surface area contributed by atoms with Crippen molar-refractivity contribution in [2.45, 2.75) is 58.8 Å². The first-order valence-electron chi connectivity index (χ1n) is 8.34. The van der Waals surface area contributed by atoms with Crippen LogP contribution in [0.15, 0.2) is 30.6 Å². The van der Waals surface area contributed by atoms with E-state index >= 15 is 0 Å². The van der Waals surface area contributed by atoms with Crippen LogP contribution >= 0.6 is 0 Å². The summed E-state index contributed by atoms with van der Waals surface area (Å²) in [5.74, 6) is 0.450. The molecule has 0 unspecified atom stereocenters. The molecule has 0 spiro atoms. The smallest absolute Gasteiger partial charge is 0.159 e. The molecule has 0 radical (unpaired) electrons. The molecule has 2 aromatic rings. The lowest BCUT2D eigenvalue weighted by Crippen LogP contribution is -1.96. The van der Waals surface area contributed by atoms with Crippen LogP contribution in [0.25, 0.3) is 11.4 Å². The molecule has 0 bridgehead atoms. The van der Waals surface area contributed by atoms with Crippen molar-refractivity contribution in [3.63, 3.8) is 0 Å². The van der Waals surface area contributed by atoms with Crippen LogP contribution in [0.3, 0.4) is 0 Å². The van der Waals surface area contributed by atoms with Crippen LogP contribution < -0.4 is 0 Å². The zero-order chi connectivity index (χ0) is 15.8. The number of halogens is 1. The van der Waals surface area contributed by atoms with Gasteiger partial charge in [-0.25, -0.2) is 14.4 Å². The van der Waals surface area contributed by atoms with Crippen molar-refractivity contribution in [2.75, 3.05) is 0 Å². The van der Waals surface area contributed by atoms with Crippen molar-refractivity contribution in [1.29, 1.82) is 0 Å². The van der Waals surface area contributed by atoms with Crippen molar-refractivity contribution in [3.8, 4) is 11.4 Å². The number of nitrogens with zero attached hydrogens (tertiary/aromatic N) is 2. The van der Waals surface area contributed by atoms with Gasteiger partial charge in [0.15, 0.2) is 5.82 Å². The molecule has 2 nitrogen and oxygen atoms in total. The molecule has 1 aromatic carbocycles. The Labute approximate surface area is 132 Å². The summed E-state index contributed by atoms with van der Waals surface area (Å²) < 4.78 is 14.2. The van der Waals surface area contributed by atoms with E-state index in [1.165, 1.54) is 0 Å². The number of hydrogen-bond donors (Lipinski definition) is 0. The molecule has 2 rings (SSSR count). The van der Waals surface area contributed by atoms with Gasteiger partial charge in [-0.15, -0.1) is 0 Å². The molecule has 0 saturated heterocycles. The third-order valence-electron chi connectivity index (χ3n) is 3.89. The van der Waals surface area contributed by atoms with E-state index in [4.69, 9.17) is 0 Å². The Hall–Kier alpha value is -1.77. The Balaban J connectivity index is 2.07. The summed E-state index contributed by atoms with van der Waals surface area (Å²) >= 11 is 0. The maximum Gasteiger partial charge on any atom is 0.159 e. The first-order chi connectivity index (χ1) is 10.7. The van der Waals surface area contributed by atoms with Crippen LogP contribution in [-0.2, 0) is 12.8 Å². The van der Waals surface area contributed by atoms with Crippen molar-refractivity contribution >= 4 is 0 Å². The van der Waals surface area contributed by atoms with Gasteiger partial charge in [0.1, 0.15) is 5.82 Å². The summed E-state index contributed by atoms with van der Waals surface area (Å²) in [5.41, 5.74) is 2.68. The zero-order valence-electron chi connectivity index (χ0n) is 13.6. The molecule has 0 aliphatic heterocycles. The monoisotopic (exact) mass is 300 g/mol. The average Bonchev–Trinajstić information content (AvgIpc) is 2.55. The van der Waals surface area contributed by atoms with E-state index in [1.54, 1.807) is 6.07 Å². The molecule has 0 aliphatic rings. The van der Waals surface area contributed by atoms with Gasteiger partial charge in [-0.05, 0) is 42.9 Å². The van der Waals surface area contributed by atoms with Gasteiger partial charge in [-0.3, -0.25) is 0 Å². The van der Waals surface area contributed by atoms with Crippen LogP contribution in [0, 0.1) is 5.82 Å². The number of benzene rings is 1. The zero-order valence-corrected chi connectivity index (χ0v) is 13.6. The Bertz CT molecular complexity index is 578. The van der Waals surface area contributed by atoms with Gasteiger partial charge in [0.2, 0.25) is 0 Å². The Morgan fingerprint density at radius 3 is 2.27 bits per heavy atom. The summed E-state index contributed by atoms with van der Waals surface area (Å²) in [6, 6.07) is 5.35. The first-order valence-corrected chi connectivity index (χ1v) is 8.34. The molecule has 0 saturated carbocycles.